The number of hydrogen-bond acceptors (Lipinski definition) is 8. The quantitative estimate of drug-likeness (QED) is 0.340. The monoisotopic (exact) mass is 443 g/mol. The standard InChI is InChI=1S/C22H25N3O7/c1-3-29-20-12-17(14-23-24-21(26)13-22(2)31-10-11-32-22)6-9-19(20)30-15-16-4-7-18(8-5-16)25(27)28/h4-9,12,14H,3,10-11,13,15H2,1-2H3,(H,24,26)/b23-14+. The molecule has 2 aromatic carbocycles. The molecule has 1 saturated heterocycles. The van der Waals surface area contributed by atoms with Crippen LogP contribution in [-0.2, 0) is 20.9 Å². The van der Waals surface area contributed by atoms with E-state index in [0.717, 1.165) is 5.56 Å². The zero-order chi connectivity index (χ0) is 23.0. The number of nitro groups is 1. The first-order valence-corrected chi connectivity index (χ1v) is 10.1. The van der Waals surface area contributed by atoms with Crippen LogP contribution in [0, 0.1) is 10.1 Å². The maximum atomic E-state index is 12.0. The number of nitrogens with zero attached hydrogens (tertiary/aromatic N) is 2. The van der Waals surface area contributed by atoms with E-state index in [1.807, 2.05) is 6.92 Å². The largest absolute Gasteiger partial charge is 0.490 e. The average molecular weight is 443 g/mol. The minimum Gasteiger partial charge on any atom is -0.490 e. The van der Waals surface area contributed by atoms with E-state index in [4.69, 9.17) is 18.9 Å². The van der Waals surface area contributed by atoms with Gasteiger partial charge in [0.05, 0.1) is 37.4 Å². The number of carbonyl (C=O) groups is 1. The summed E-state index contributed by atoms with van der Waals surface area (Å²) in [5.74, 6) is -0.191. The van der Waals surface area contributed by atoms with Gasteiger partial charge in [-0.1, -0.05) is 0 Å². The van der Waals surface area contributed by atoms with Crippen LogP contribution in [0.3, 0.4) is 0 Å². The van der Waals surface area contributed by atoms with Crippen LogP contribution in [0.2, 0.25) is 0 Å². The maximum Gasteiger partial charge on any atom is 0.269 e. The van der Waals surface area contributed by atoms with Crippen molar-refractivity contribution in [1.82, 2.24) is 5.43 Å². The molecular formula is C22H25N3O7. The highest BCUT2D eigenvalue weighted by Crippen LogP contribution is 2.29. The van der Waals surface area contributed by atoms with E-state index < -0.39 is 10.7 Å². The normalized spacial score (nSPS) is 14.9. The zero-order valence-corrected chi connectivity index (χ0v) is 17.9. The van der Waals surface area contributed by atoms with Crippen LogP contribution >= 0.6 is 0 Å². The smallest absolute Gasteiger partial charge is 0.269 e. The first-order valence-electron chi connectivity index (χ1n) is 10.1. The molecule has 170 valence electrons. The number of nitrogens with one attached hydrogen (secondary N) is 1. The molecular weight excluding hydrogens is 418 g/mol. The summed E-state index contributed by atoms with van der Waals surface area (Å²) in [6.45, 7) is 5.16. The first-order chi connectivity index (χ1) is 15.4. The minimum atomic E-state index is -0.912. The summed E-state index contributed by atoms with van der Waals surface area (Å²) in [5, 5.41) is 14.7. The molecule has 0 unspecified atom stereocenters. The van der Waals surface area contributed by atoms with E-state index in [2.05, 4.69) is 10.5 Å². The Bertz CT molecular complexity index is 970. The van der Waals surface area contributed by atoms with Crippen LogP contribution in [0.4, 0.5) is 5.69 Å². The van der Waals surface area contributed by atoms with Crippen LogP contribution in [-0.4, -0.2) is 42.7 Å². The Labute approximate surface area is 185 Å². The Morgan fingerprint density at radius 2 is 1.91 bits per heavy atom. The zero-order valence-electron chi connectivity index (χ0n) is 17.9. The predicted octanol–water partition coefficient (Wildman–Crippen LogP) is 3.18. The van der Waals surface area contributed by atoms with Gasteiger partial charge in [-0.15, -0.1) is 0 Å². The molecule has 0 saturated carbocycles. The molecule has 0 aliphatic carbocycles. The van der Waals surface area contributed by atoms with Gasteiger partial charge in [0, 0.05) is 12.1 Å². The van der Waals surface area contributed by atoms with Gasteiger partial charge >= 0.3 is 0 Å². The van der Waals surface area contributed by atoms with E-state index in [1.54, 1.807) is 37.3 Å². The Morgan fingerprint density at radius 3 is 2.56 bits per heavy atom. The molecule has 1 amide bonds. The molecule has 0 bridgehead atoms. The summed E-state index contributed by atoms with van der Waals surface area (Å²) >= 11 is 0. The van der Waals surface area contributed by atoms with E-state index >= 15 is 0 Å². The van der Waals surface area contributed by atoms with Crippen molar-refractivity contribution in [2.24, 2.45) is 5.10 Å². The second-order valence-electron chi connectivity index (χ2n) is 7.15. The summed E-state index contributed by atoms with van der Waals surface area (Å²) in [4.78, 5) is 22.3. The molecule has 1 aliphatic heterocycles. The molecule has 32 heavy (non-hydrogen) atoms. The molecule has 1 fully saturated rings. The van der Waals surface area contributed by atoms with E-state index in [0.29, 0.717) is 36.9 Å². The van der Waals surface area contributed by atoms with Crippen molar-refractivity contribution < 1.29 is 28.7 Å². The van der Waals surface area contributed by atoms with Gasteiger partial charge in [0.15, 0.2) is 17.3 Å². The van der Waals surface area contributed by atoms with Gasteiger partial charge in [0.25, 0.3) is 5.69 Å². The summed E-state index contributed by atoms with van der Waals surface area (Å²) in [6, 6.07) is 11.4. The third kappa shape index (κ3) is 6.50. The van der Waals surface area contributed by atoms with Gasteiger partial charge < -0.3 is 18.9 Å². The minimum absolute atomic E-state index is 0.0249. The molecule has 1 heterocycles. The van der Waals surface area contributed by atoms with Gasteiger partial charge in [0.2, 0.25) is 5.91 Å². The van der Waals surface area contributed by atoms with Crippen molar-refractivity contribution in [3.05, 3.63) is 63.7 Å². The summed E-state index contributed by atoms with van der Waals surface area (Å²) < 4.78 is 22.3. The summed E-state index contributed by atoms with van der Waals surface area (Å²) in [7, 11) is 0. The van der Waals surface area contributed by atoms with E-state index in [-0.39, 0.29) is 24.6 Å². The van der Waals surface area contributed by atoms with Crippen LogP contribution in [0.25, 0.3) is 0 Å². The molecule has 2 aromatic rings. The third-order valence-electron chi connectivity index (χ3n) is 4.59. The predicted molar refractivity (Wildman–Crippen MR) is 116 cm³/mol. The van der Waals surface area contributed by atoms with Crippen molar-refractivity contribution >= 4 is 17.8 Å². The molecule has 0 radical (unpaired) electrons. The van der Waals surface area contributed by atoms with Crippen LogP contribution < -0.4 is 14.9 Å². The fourth-order valence-electron chi connectivity index (χ4n) is 3.04. The Morgan fingerprint density at radius 1 is 1.19 bits per heavy atom. The number of rotatable bonds is 10. The fraction of sp³-hybridized carbons (Fsp3) is 0.364. The fourth-order valence-corrected chi connectivity index (χ4v) is 3.04. The molecule has 0 aromatic heterocycles. The number of benzene rings is 2. The molecule has 1 N–H and O–H groups in total. The Balaban J connectivity index is 1.58. The molecule has 0 atom stereocenters. The van der Waals surface area contributed by atoms with Crippen molar-refractivity contribution in [1.29, 1.82) is 0 Å². The lowest BCUT2D eigenvalue weighted by molar-refractivity contribution is -0.384. The first kappa shape index (κ1) is 23.2. The van der Waals surface area contributed by atoms with Crippen molar-refractivity contribution in [3.63, 3.8) is 0 Å². The second-order valence-corrected chi connectivity index (χ2v) is 7.15. The number of nitro benzene ring substituents is 1. The van der Waals surface area contributed by atoms with Gasteiger partial charge in [0.1, 0.15) is 6.61 Å². The van der Waals surface area contributed by atoms with E-state index in [1.165, 1.54) is 18.3 Å². The highest BCUT2D eigenvalue weighted by molar-refractivity contribution is 5.83. The number of ether oxygens (including phenoxy) is 4. The Kier molecular flexibility index (Phi) is 7.74. The average Bonchev–Trinajstić information content (AvgIpc) is 3.19. The molecule has 1 aliphatic rings. The summed E-state index contributed by atoms with van der Waals surface area (Å²) in [5.41, 5.74) is 3.98. The molecule has 0 spiro atoms. The Hall–Kier alpha value is -3.50. The lowest BCUT2D eigenvalue weighted by Crippen LogP contribution is -2.33. The summed E-state index contributed by atoms with van der Waals surface area (Å²) in [6.07, 6.45) is 1.54. The maximum absolute atomic E-state index is 12.0. The number of amides is 1. The number of non-ortho nitro benzene ring substituents is 1. The van der Waals surface area contributed by atoms with Crippen molar-refractivity contribution in [2.75, 3.05) is 19.8 Å². The number of carbonyl (C=O) groups excluding carboxylic acids is 1. The van der Waals surface area contributed by atoms with Crippen LogP contribution in [0.1, 0.15) is 31.4 Å². The highest BCUT2D eigenvalue weighted by atomic mass is 16.7. The molecule has 10 nitrogen and oxygen atoms in total. The van der Waals surface area contributed by atoms with Gasteiger partial charge in [-0.05, 0) is 55.3 Å². The van der Waals surface area contributed by atoms with Crippen LogP contribution in [0.5, 0.6) is 11.5 Å². The SMILES string of the molecule is CCOc1cc(/C=N/NC(=O)CC2(C)OCCO2)ccc1OCc1ccc([N+](=O)[O-])cc1. The topological polar surface area (TPSA) is 122 Å². The van der Waals surface area contributed by atoms with Crippen molar-refractivity contribution in [2.45, 2.75) is 32.7 Å². The molecule has 10 heteroatoms. The lowest BCUT2D eigenvalue weighted by Gasteiger charge is -2.20. The van der Waals surface area contributed by atoms with Gasteiger partial charge in [-0.25, -0.2) is 5.43 Å². The third-order valence-corrected chi connectivity index (χ3v) is 4.59. The second kappa shape index (κ2) is 10.7. The highest BCUT2D eigenvalue weighted by Gasteiger charge is 2.33. The van der Waals surface area contributed by atoms with Gasteiger partial charge in [-0.3, -0.25) is 14.9 Å². The number of hydrogen-bond donors (Lipinski definition) is 1. The lowest BCUT2D eigenvalue weighted by atomic mass is 10.2. The van der Waals surface area contributed by atoms with Crippen molar-refractivity contribution in [3.8, 4) is 11.5 Å². The molecule has 3 rings (SSSR count). The van der Waals surface area contributed by atoms with E-state index in [9.17, 15) is 14.9 Å². The number of hydrazone groups is 1. The van der Waals surface area contributed by atoms with Crippen LogP contribution in [0.15, 0.2) is 47.6 Å². The van der Waals surface area contributed by atoms with Gasteiger partial charge in [-0.2, -0.15) is 5.10 Å².